The Morgan fingerprint density at radius 3 is 2.58 bits per heavy atom. The van der Waals surface area contributed by atoms with Crippen LogP contribution in [-0.2, 0) is 16.0 Å². The molecule has 0 bridgehead atoms. The standard InChI is InChI=1S/C11H14N4O4/c1-6(14-11(12)19)10(18)15-8-3-2-7(13-5-8)4-9(16)17/h2-3,5-6H,4H2,1H3,(H,15,18)(H,16,17)(H3,12,14,19). The van der Waals surface area contributed by atoms with E-state index in [2.05, 4.69) is 15.6 Å². The van der Waals surface area contributed by atoms with Crippen LogP contribution >= 0.6 is 0 Å². The third kappa shape index (κ3) is 5.02. The lowest BCUT2D eigenvalue weighted by Gasteiger charge is -2.12. The molecule has 1 rings (SSSR count). The van der Waals surface area contributed by atoms with Crippen molar-refractivity contribution in [1.29, 1.82) is 0 Å². The summed E-state index contributed by atoms with van der Waals surface area (Å²) in [6, 6.07) is 1.45. The van der Waals surface area contributed by atoms with Gasteiger partial charge in [0.15, 0.2) is 0 Å². The van der Waals surface area contributed by atoms with Crippen molar-refractivity contribution in [2.45, 2.75) is 19.4 Å². The fraction of sp³-hybridized carbons (Fsp3) is 0.273. The molecule has 0 fully saturated rings. The number of nitrogens with zero attached hydrogens (tertiary/aromatic N) is 1. The van der Waals surface area contributed by atoms with E-state index in [1.165, 1.54) is 25.3 Å². The molecule has 3 amide bonds. The topological polar surface area (TPSA) is 134 Å². The Balaban J connectivity index is 2.60. The first kappa shape index (κ1) is 14.4. The number of pyridine rings is 1. The van der Waals surface area contributed by atoms with E-state index in [4.69, 9.17) is 10.8 Å². The number of carbonyl (C=O) groups excluding carboxylic acids is 2. The van der Waals surface area contributed by atoms with Crippen LogP contribution in [0.5, 0.6) is 0 Å². The molecule has 102 valence electrons. The summed E-state index contributed by atoms with van der Waals surface area (Å²) in [5, 5.41) is 13.3. The zero-order valence-corrected chi connectivity index (χ0v) is 10.2. The van der Waals surface area contributed by atoms with E-state index < -0.39 is 23.9 Å². The number of aliphatic carboxylic acids is 1. The molecule has 1 heterocycles. The second kappa shape index (κ2) is 6.34. The molecule has 1 aromatic heterocycles. The Kier molecular flexibility index (Phi) is 4.81. The Bertz CT molecular complexity index is 486. The number of urea groups is 1. The smallest absolute Gasteiger partial charge is 0.312 e. The van der Waals surface area contributed by atoms with E-state index in [1.54, 1.807) is 0 Å². The number of carboxylic acid groups (broad SMARTS) is 1. The first-order valence-corrected chi connectivity index (χ1v) is 5.42. The SMILES string of the molecule is CC(NC(N)=O)C(=O)Nc1ccc(CC(=O)O)nc1. The van der Waals surface area contributed by atoms with Crippen molar-refractivity contribution in [3.63, 3.8) is 0 Å². The predicted octanol–water partition coefficient (Wildman–Crippen LogP) is -0.296. The Morgan fingerprint density at radius 2 is 2.11 bits per heavy atom. The molecule has 1 aromatic rings. The molecule has 0 aliphatic heterocycles. The number of aromatic nitrogens is 1. The number of nitrogens with two attached hydrogens (primary N) is 1. The predicted molar refractivity (Wildman–Crippen MR) is 66.4 cm³/mol. The van der Waals surface area contributed by atoms with Crippen LogP contribution in [0.3, 0.4) is 0 Å². The minimum atomic E-state index is -0.983. The summed E-state index contributed by atoms with van der Waals surface area (Å²) in [7, 11) is 0. The first-order chi connectivity index (χ1) is 8.88. The van der Waals surface area contributed by atoms with Crippen molar-refractivity contribution in [3.05, 3.63) is 24.0 Å². The van der Waals surface area contributed by atoms with E-state index in [9.17, 15) is 14.4 Å². The van der Waals surface area contributed by atoms with E-state index in [-0.39, 0.29) is 6.42 Å². The lowest BCUT2D eigenvalue weighted by Crippen LogP contribution is -2.44. The molecule has 0 saturated carbocycles. The van der Waals surface area contributed by atoms with E-state index in [1.807, 2.05) is 0 Å². The van der Waals surface area contributed by atoms with Gasteiger partial charge in [-0.25, -0.2) is 4.79 Å². The lowest BCUT2D eigenvalue weighted by atomic mass is 10.2. The van der Waals surface area contributed by atoms with Crippen molar-refractivity contribution in [2.75, 3.05) is 5.32 Å². The van der Waals surface area contributed by atoms with Gasteiger partial charge in [-0.05, 0) is 19.1 Å². The minimum absolute atomic E-state index is 0.187. The summed E-state index contributed by atoms with van der Waals surface area (Å²) in [5.41, 5.74) is 5.68. The van der Waals surface area contributed by atoms with E-state index in [0.29, 0.717) is 11.4 Å². The van der Waals surface area contributed by atoms with Gasteiger partial charge < -0.3 is 21.5 Å². The van der Waals surface area contributed by atoms with Gasteiger partial charge >= 0.3 is 12.0 Å². The van der Waals surface area contributed by atoms with Gasteiger partial charge in [-0.1, -0.05) is 0 Å². The highest BCUT2D eigenvalue weighted by Gasteiger charge is 2.14. The maximum absolute atomic E-state index is 11.6. The van der Waals surface area contributed by atoms with Crippen molar-refractivity contribution >= 4 is 23.6 Å². The molecule has 8 nitrogen and oxygen atoms in total. The van der Waals surface area contributed by atoms with Gasteiger partial charge in [-0.15, -0.1) is 0 Å². The van der Waals surface area contributed by atoms with Crippen LogP contribution in [0, 0.1) is 0 Å². The molecule has 19 heavy (non-hydrogen) atoms. The molecular weight excluding hydrogens is 252 g/mol. The van der Waals surface area contributed by atoms with Gasteiger partial charge in [-0.2, -0.15) is 0 Å². The maximum Gasteiger partial charge on any atom is 0.312 e. The average Bonchev–Trinajstić information content (AvgIpc) is 2.30. The number of nitrogens with one attached hydrogen (secondary N) is 2. The van der Waals surface area contributed by atoms with Gasteiger partial charge in [0.25, 0.3) is 0 Å². The molecule has 0 aliphatic rings. The summed E-state index contributed by atoms with van der Waals surface area (Å²) < 4.78 is 0. The van der Waals surface area contributed by atoms with Crippen molar-refractivity contribution in [3.8, 4) is 0 Å². The van der Waals surface area contributed by atoms with E-state index >= 15 is 0 Å². The molecule has 5 N–H and O–H groups in total. The summed E-state index contributed by atoms with van der Waals surface area (Å²) in [4.78, 5) is 36.5. The van der Waals surface area contributed by atoms with Crippen molar-refractivity contribution in [1.82, 2.24) is 10.3 Å². The van der Waals surface area contributed by atoms with Gasteiger partial charge in [0, 0.05) is 0 Å². The number of anilines is 1. The molecule has 1 unspecified atom stereocenters. The summed E-state index contributed by atoms with van der Waals surface area (Å²) in [6.07, 6.45) is 1.15. The van der Waals surface area contributed by atoms with Gasteiger partial charge in [0.1, 0.15) is 6.04 Å². The van der Waals surface area contributed by atoms with Crippen LogP contribution < -0.4 is 16.4 Å². The highest BCUT2D eigenvalue weighted by molar-refractivity contribution is 5.96. The lowest BCUT2D eigenvalue weighted by molar-refractivity contribution is -0.136. The highest BCUT2D eigenvalue weighted by atomic mass is 16.4. The van der Waals surface area contributed by atoms with Crippen LogP contribution in [0.15, 0.2) is 18.3 Å². The molecule has 0 spiro atoms. The highest BCUT2D eigenvalue weighted by Crippen LogP contribution is 2.07. The second-order valence-electron chi connectivity index (χ2n) is 3.83. The van der Waals surface area contributed by atoms with Gasteiger partial charge in [0.2, 0.25) is 5.91 Å². The molecule has 0 aliphatic carbocycles. The van der Waals surface area contributed by atoms with Crippen LogP contribution in [0.2, 0.25) is 0 Å². The number of hydrogen-bond acceptors (Lipinski definition) is 4. The molecular formula is C11H14N4O4. The third-order valence-corrected chi connectivity index (χ3v) is 2.18. The van der Waals surface area contributed by atoms with Gasteiger partial charge in [-0.3, -0.25) is 14.6 Å². The maximum atomic E-state index is 11.6. The zero-order valence-electron chi connectivity index (χ0n) is 10.2. The summed E-state index contributed by atoms with van der Waals surface area (Å²) >= 11 is 0. The number of carbonyl (C=O) groups is 3. The van der Waals surface area contributed by atoms with Gasteiger partial charge in [0.05, 0.1) is 24.0 Å². The monoisotopic (exact) mass is 266 g/mol. The number of carboxylic acids is 1. The normalized spacial score (nSPS) is 11.4. The second-order valence-corrected chi connectivity index (χ2v) is 3.83. The molecule has 0 aromatic carbocycles. The fourth-order valence-corrected chi connectivity index (χ4v) is 1.29. The summed E-state index contributed by atoms with van der Waals surface area (Å²) in [6.45, 7) is 1.48. The Labute approximate surface area is 109 Å². The molecule has 0 radical (unpaired) electrons. The molecule has 8 heteroatoms. The van der Waals surface area contributed by atoms with Crippen LogP contribution in [-0.4, -0.2) is 34.0 Å². The number of amides is 3. The molecule has 1 atom stereocenters. The number of hydrogen-bond donors (Lipinski definition) is 4. The first-order valence-electron chi connectivity index (χ1n) is 5.42. The van der Waals surface area contributed by atoms with Crippen molar-refractivity contribution < 1.29 is 19.5 Å². The average molecular weight is 266 g/mol. The molecule has 0 saturated heterocycles. The van der Waals surface area contributed by atoms with Crippen LogP contribution in [0.25, 0.3) is 0 Å². The van der Waals surface area contributed by atoms with E-state index in [0.717, 1.165) is 0 Å². The number of primary amides is 1. The number of rotatable bonds is 5. The third-order valence-electron chi connectivity index (χ3n) is 2.18. The Hall–Kier alpha value is -2.64. The Morgan fingerprint density at radius 1 is 1.42 bits per heavy atom. The summed E-state index contributed by atoms with van der Waals surface area (Å²) in [5.74, 6) is -1.44. The zero-order chi connectivity index (χ0) is 14.4. The fourth-order valence-electron chi connectivity index (χ4n) is 1.29. The quantitative estimate of drug-likeness (QED) is 0.580. The van der Waals surface area contributed by atoms with Crippen LogP contribution in [0.1, 0.15) is 12.6 Å². The largest absolute Gasteiger partial charge is 0.481 e. The van der Waals surface area contributed by atoms with Crippen molar-refractivity contribution in [2.24, 2.45) is 5.73 Å². The van der Waals surface area contributed by atoms with Crippen LogP contribution in [0.4, 0.5) is 10.5 Å². The minimum Gasteiger partial charge on any atom is -0.481 e.